The van der Waals surface area contributed by atoms with E-state index in [1.165, 1.54) is 24.3 Å². The summed E-state index contributed by atoms with van der Waals surface area (Å²) >= 11 is 0. The van der Waals surface area contributed by atoms with Crippen LogP contribution in [0, 0.1) is 0 Å². The van der Waals surface area contributed by atoms with Crippen LogP contribution in [0.3, 0.4) is 0 Å². The Labute approximate surface area is 241 Å². The van der Waals surface area contributed by atoms with Crippen LogP contribution in [0.2, 0.25) is 0 Å². The molecule has 0 fully saturated rings. The average molecular weight is 562 g/mol. The third kappa shape index (κ3) is 7.45. The number of rotatable bonds is 14. The Morgan fingerprint density at radius 3 is 2.32 bits per heavy atom. The molecule has 0 bridgehead atoms. The quantitative estimate of drug-likeness (QED) is 0.220. The molecule has 0 saturated heterocycles. The molecule has 0 unspecified atom stereocenters. The number of benzene rings is 3. The topological polar surface area (TPSA) is 94.5 Å². The first-order valence-corrected chi connectivity index (χ1v) is 13.9. The lowest BCUT2D eigenvalue weighted by Crippen LogP contribution is -2.41. The van der Waals surface area contributed by atoms with Gasteiger partial charge in [-0.05, 0) is 61.6 Å². The van der Waals surface area contributed by atoms with Crippen molar-refractivity contribution in [1.29, 1.82) is 0 Å². The van der Waals surface area contributed by atoms with Crippen LogP contribution >= 0.6 is 0 Å². The molecule has 1 aliphatic carbocycles. The van der Waals surface area contributed by atoms with Crippen LogP contribution in [-0.2, 0) is 24.1 Å². The van der Waals surface area contributed by atoms with Gasteiger partial charge in [0.05, 0.1) is 45.2 Å². The van der Waals surface area contributed by atoms with Gasteiger partial charge in [0.1, 0.15) is 17.2 Å². The van der Waals surface area contributed by atoms with E-state index in [0.29, 0.717) is 43.0 Å². The van der Waals surface area contributed by atoms with E-state index >= 15 is 0 Å². The Balaban J connectivity index is 1.47. The predicted octanol–water partition coefficient (Wildman–Crippen LogP) is 4.88. The van der Waals surface area contributed by atoms with Gasteiger partial charge in [-0.3, -0.25) is 9.69 Å². The standard InChI is InChI=1S/C33H39NO7/c1-5-41-32-18-24(33(37)40-4)11-14-29(32)30(36)15-12-27(35)21-34(26-16-22-8-6-7-9-23(22)17-26)20-25-10-13-28(38-2)19-31(25)39-3/h6-11,13-14,18-19,26-27,35H,5,12,15-17,20-21H2,1-4H3/t27-/m1/s1. The smallest absolute Gasteiger partial charge is 0.337 e. The summed E-state index contributed by atoms with van der Waals surface area (Å²) in [6, 6.07) is 19.1. The van der Waals surface area contributed by atoms with Crippen molar-refractivity contribution in [2.24, 2.45) is 0 Å². The Kier molecular flexibility index (Phi) is 10.4. The predicted molar refractivity (Wildman–Crippen MR) is 156 cm³/mol. The Morgan fingerprint density at radius 1 is 0.951 bits per heavy atom. The first-order valence-electron chi connectivity index (χ1n) is 13.9. The van der Waals surface area contributed by atoms with Crippen molar-refractivity contribution in [2.45, 2.75) is 51.3 Å². The van der Waals surface area contributed by atoms with Crippen molar-refractivity contribution in [3.8, 4) is 17.2 Å². The summed E-state index contributed by atoms with van der Waals surface area (Å²) in [4.78, 5) is 27.4. The highest BCUT2D eigenvalue weighted by Crippen LogP contribution is 2.31. The van der Waals surface area contributed by atoms with Crippen LogP contribution in [0.25, 0.3) is 0 Å². The number of esters is 1. The number of hydrogen-bond donors (Lipinski definition) is 1. The molecule has 0 aliphatic heterocycles. The van der Waals surface area contributed by atoms with Crippen LogP contribution in [0.1, 0.15) is 57.2 Å². The Bertz CT molecular complexity index is 1330. The molecule has 0 heterocycles. The normalized spacial score (nSPS) is 13.5. The molecule has 8 heteroatoms. The van der Waals surface area contributed by atoms with Crippen molar-refractivity contribution in [3.63, 3.8) is 0 Å². The number of carbonyl (C=O) groups is 2. The van der Waals surface area contributed by atoms with Gasteiger partial charge >= 0.3 is 5.97 Å². The summed E-state index contributed by atoms with van der Waals surface area (Å²) in [7, 11) is 4.57. The molecule has 3 aromatic carbocycles. The molecule has 0 aromatic heterocycles. The monoisotopic (exact) mass is 561 g/mol. The molecule has 0 radical (unpaired) electrons. The number of hydrogen-bond acceptors (Lipinski definition) is 8. The van der Waals surface area contributed by atoms with Gasteiger partial charge in [-0.2, -0.15) is 0 Å². The minimum absolute atomic E-state index is 0.142. The molecule has 1 N–H and O–H groups in total. The SMILES string of the molecule is CCOc1cc(C(=O)OC)ccc1C(=O)CC[C@@H](O)CN(Cc1ccc(OC)cc1OC)C1Cc2ccccc2C1. The molecule has 3 aromatic rings. The molecular formula is C33H39NO7. The van der Waals surface area contributed by atoms with Gasteiger partial charge < -0.3 is 24.1 Å². The summed E-state index contributed by atoms with van der Waals surface area (Å²) < 4.78 is 21.5. The minimum Gasteiger partial charge on any atom is -0.497 e. The average Bonchev–Trinajstić information content (AvgIpc) is 3.44. The lowest BCUT2D eigenvalue weighted by Gasteiger charge is -2.31. The highest BCUT2D eigenvalue weighted by molar-refractivity contribution is 6.00. The lowest BCUT2D eigenvalue weighted by atomic mass is 10.0. The van der Waals surface area contributed by atoms with E-state index in [2.05, 4.69) is 29.2 Å². The van der Waals surface area contributed by atoms with Crippen LogP contribution in [-0.4, -0.2) is 68.4 Å². The second-order valence-corrected chi connectivity index (χ2v) is 10.2. The van der Waals surface area contributed by atoms with Gasteiger partial charge in [0.15, 0.2) is 5.78 Å². The third-order valence-corrected chi connectivity index (χ3v) is 7.57. The van der Waals surface area contributed by atoms with Gasteiger partial charge in [-0.1, -0.05) is 30.3 Å². The van der Waals surface area contributed by atoms with Crippen LogP contribution in [0.4, 0.5) is 0 Å². The zero-order valence-corrected chi connectivity index (χ0v) is 24.2. The molecule has 41 heavy (non-hydrogen) atoms. The first-order chi connectivity index (χ1) is 19.9. The first kappa shape index (κ1) is 30.1. The fourth-order valence-electron chi connectivity index (χ4n) is 5.40. The number of ether oxygens (including phenoxy) is 4. The fourth-order valence-corrected chi connectivity index (χ4v) is 5.40. The maximum Gasteiger partial charge on any atom is 0.337 e. The van der Waals surface area contributed by atoms with Gasteiger partial charge in [0.25, 0.3) is 0 Å². The van der Waals surface area contributed by atoms with E-state index < -0.39 is 12.1 Å². The van der Waals surface area contributed by atoms with Gasteiger partial charge in [-0.25, -0.2) is 4.79 Å². The number of aliphatic hydroxyl groups excluding tert-OH is 1. The highest BCUT2D eigenvalue weighted by atomic mass is 16.5. The van der Waals surface area contributed by atoms with E-state index in [0.717, 1.165) is 29.9 Å². The molecular weight excluding hydrogens is 522 g/mol. The molecule has 8 nitrogen and oxygen atoms in total. The van der Waals surface area contributed by atoms with Crippen molar-refractivity contribution in [2.75, 3.05) is 34.5 Å². The van der Waals surface area contributed by atoms with Gasteiger partial charge in [-0.15, -0.1) is 0 Å². The van der Waals surface area contributed by atoms with E-state index in [1.807, 2.05) is 25.1 Å². The van der Waals surface area contributed by atoms with E-state index in [1.54, 1.807) is 26.4 Å². The number of carbonyl (C=O) groups excluding carboxylic acids is 2. The van der Waals surface area contributed by atoms with Crippen molar-refractivity contribution in [1.82, 2.24) is 4.90 Å². The summed E-state index contributed by atoms with van der Waals surface area (Å²) in [5.41, 5.74) is 4.35. The molecule has 1 aliphatic rings. The summed E-state index contributed by atoms with van der Waals surface area (Å²) in [5.74, 6) is 1.14. The van der Waals surface area contributed by atoms with E-state index in [-0.39, 0.29) is 18.2 Å². The Morgan fingerprint density at radius 2 is 1.68 bits per heavy atom. The van der Waals surface area contributed by atoms with Gasteiger partial charge in [0, 0.05) is 37.2 Å². The van der Waals surface area contributed by atoms with Crippen LogP contribution < -0.4 is 14.2 Å². The second kappa shape index (κ2) is 14.1. The number of aliphatic hydroxyl groups is 1. The van der Waals surface area contributed by atoms with Gasteiger partial charge in [0.2, 0.25) is 0 Å². The zero-order valence-electron chi connectivity index (χ0n) is 24.2. The second-order valence-electron chi connectivity index (χ2n) is 10.2. The largest absolute Gasteiger partial charge is 0.497 e. The summed E-state index contributed by atoms with van der Waals surface area (Å²) in [5, 5.41) is 11.2. The maximum atomic E-state index is 13.2. The van der Waals surface area contributed by atoms with E-state index in [9.17, 15) is 14.7 Å². The summed E-state index contributed by atoms with van der Waals surface area (Å²) in [6.45, 7) is 3.15. The Hall–Kier alpha value is -3.88. The molecule has 4 rings (SSSR count). The van der Waals surface area contributed by atoms with Crippen LogP contribution in [0.5, 0.6) is 17.2 Å². The van der Waals surface area contributed by atoms with Crippen molar-refractivity contribution >= 4 is 11.8 Å². The van der Waals surface area contributed by atoms with Crippen molar-refractivity contribution < 1.29 is 33.6 Å². The molecule has 218 valence electrons. The number of Topliss-reactive ketones (excluding diaryl/α,β-unsaturated/α-hetero) is 1. The molecule has 1 atom stereocenters. The molecule has 0 spiro atoms. The number of fused-ring (bicyclic) bond motifs is 1. The zero-order chi connectivity index (χ0) is 29.4. The lowest BCUT2D eigenvalue weighted by molar-refractivity contribution is 0.0599. The van der Waals surface area contributed by atoms with Crippen LogP contribution in [0.15, 0.2) is 60.7 Å². The maximum absolute atomic E-state index is 13.2. The van der Waals surface area contributed by atoms with E-state index in [4.69, 9.17) is 18.9 Å². The molecule has 0 saturated carbocycles. The van der Waals surface area contributed by atoms with Crippen molar-refractivity contribution in [3.05, 3.63) is 88.5 Å². The summed E-state index contributed by atoms with van der Waals surface area (Å²) in [6.07, 6.45) is 1.49. The minimum atomic E-state index is -0.725. The number of nitrogens with zero attached hydrogens (tertiary/aromatic N) is 1. The third-order valence-electron chi connectivity index (χ3n) is 7.57. The number of ketones is 1. The highest BCUT2D eigenvalue weighted by Gasteiger charge is 2.29. The fraction of sp³-hybridized carbons (Fsp3) is 0.394. The number of methoxy groups -OCH3 is 3. The molecule has 0 amide bonds.